The van der Waals surface area contributed by atoms with E-state index in [4.69, 9.17) is 28.4 Å². The van der Waals surface area contributed by atoms with Gasteiger partial charge in [-0.1, -0.05) is 36.9 Å². The van der Waals surface area contributed by atoms with E-state index in [9.17, 15) is 14.7 Å². The number of aryl methyl sites for hydroxylation is 1. The van der Waals surface area contributed by atoms with Crippen LogP contribution < -0.4 is 29.0 Å². The largest absolute Gasteiger partial charge is 0.493 e. The Morgan fingerprint density at radius 2 is 1.95 bits per heavy atom. The molecule has 2 fully saturated rings. The highest BCUT2D eigenvalue weighted by Crippen LogP contribution is 2.64. The van der Waals surface area contributed by atoms with E-state index in [1.807, 2.05) is 32.0 Å². The number of aliphatic hydroxyl groups excluding tert-OH is 1. The highest BCUT2D eigenvalue weighted by atomic mass is 32.2. The van der Waals surface area contributed by atoms with Crippen molar-refractivity contribution in [1.29, 1.82) is 0 Å². The lowest BCUT2D eigenvalue weighted by Gasteiger charge is -2.62. The van der Waals surface area contributed by atoms with E-state index in [1.54, 1.807) is 24.9 Å². The van der Waals surface area contributed by atoms with Gasteiger partial charge in [0.2, 0.25) is 6.79 Å². The number of carbonyl (C=O) groups is 2. The number of para-hydroxylation sites is 1. The molecular formula is C44H48N4O9S. The van der Waals surface area contributed by atoms with E-state index in [2.05, 4.69) is 45.9 Å². The number of thioether (sulfide) groups is 1. The zero-order valence-corrected chi connectivity index (χ0v) is 34.1. The number of aromatic nitrogens is 1. The molecule has 7 atom stereocenters. The fraction of sp³-hybridized carbons (Fsp3) is 0.455. The number of aromatic amines is 1. The first-order chi connectivity index (χ1) is 28.1. The minimum absolute atomic E-state index is 0.0112. The van der Waals surface area contributed by atoms with Crippen molar-refractivity contribution < 1.29 is 43.1 Å². The maximum atomic E-state index is 14.9. The summed E-state index contributed by atoms with van der Waals surface area (Å²) in [6.07, 6.45) is 2.08. The van der Waals surface area contributed by atoms with Crippen molar-refractivity contribution in [3.63, 3.8) is 0 Å². The first-order valence-electron chi connectivity index (χ1n) is 19.9. The second-order valence-electron chi connectivity index (χ2n) is 16.2. The van der Waals surface area contributed by atoms with Crippen LogP contribution in [0.3, 0.4) is 0 Å². The number of ketones is 1. The number of nitrogens with zero attached hydrogens (tertiary/aromatic N) is 2. The molecule has 304 valence electrons. The van der Waals surface area contributed by atoms with Crippen LogP contribution in [-0.2, 0) is 32.7 Å². The van der Waals surface area contributed by atoms with Gasteiger partial charge in [-0.25, -0.2) is 0 Å². The van der Waals surface area contributed by atoms with Crippen molar-refractivity contribution in [1.82, 2.24) is 20.1 Å². The standard InChI is InChI=1S/C44H48N4O9S/c1-7-14-54-39-31-24(15-21(2)36(39)52-6)16-28-43(51)48-29-17-53-18-30(50)44(42-26(12-13-45-44)25-10-8-9-11-27(25)46-42)19-58-41(35(48)34(31)47(28)5)33-32(29)40-38(55-20-56-40)22(3)37(33)57-23(4)49/h7-11,15,28-29,34-35,41,43,45-46,51H,1,12-14,16-20H2,2-6H3/t28-,29-,34+,35?,41+,43-,44-/m0/s1. The van der Waals surface area contributed by atoms with Crippen LogP contribution in [0.2, 0.25) is 0 Å². The highest BCUT2D eigenvalue weighted by Gasteiger charge is 2.61. The van der Waals surface area contributed by atoms with Crippen LogP contribution in [0.4, 0.5) is 0 Å². The SMILES string of the molecule is C=CCOc1c(OC)c(C)cc2c1[C@@H]1C3[C@@H]4SC[C@]5(NCCc6c5[nH]c5ccccc65)C(=O)COC[C@@H](c5c6c(c(C)c(OC(C)=O)c54)OCO6)N3[C@@H](O)[C@H](C2)N1C. The molecule has 1 unspecified atom stereocenters. The van der Waals surface area contributed by atoms with Crippen molar-refractivity contribution in [2.45, 2.75) is 74.8 Å². The number of hydrogen-bond donors (Lipinski definition) is 3. The van der Waals surface area contributed by atoms with Gasteiger partial charge in [0.15, 0.2) is 28.8 Å². The average molecular weight is 809 g/mol. The quantitative estimate of drug-likeness (QED) is 0.140. The second-order valence-corrected chi connectivity index (χ2v) is 17.3. The summed E-state index contributed by atoms with van der Waals surface area (Å²) in [6, 6.07) is 8.58. The number of Topliss-reactive ketones (excluding diaryl/α,β-unsaturated/α-hetero) is 1. The maximum absolute atomic E-state index is 14.9. The molecule has 8 heterocycles. The van der Waals surface area contributed by atoms with Crippen molar-refractivity contribution in [3.8, 4) is 28.7 Å². The highest BCUT2D eigenvalue weighted by molar-refractivity contribution is 7.99. The molecule has 0 radical (unpaired) electrons. The van der Waals surface area contributed by atoms with E-state index in [-0.39, 0.29) is 44.5 Å². The molecule has 4 bridgehead atoms. The topological polar surface area (TPSA) is 144 Å². The average Bonchev–Trinajstić information content (AvgIpc) is 3.85. The van der Waals surface area contributed by atoms with Gasteiger partial charge in [0.25, 0.3) is 0 Å². The van der Waals surface area contributed by atoms with Crippen molar-refractivity contribution in [2.24, 2.45) is 0 Å². The Labute approximate surface area is 340 Å². The fourth-order valence-electron chi connectivity index (χ4n) is 10.9. The molecule has 1 spiro atoms. The van der Waals surface area contributed by atoms with Crippen LogP contribution in [0, 0.1) is 13.8 Å². The summed E-state index contributed by atoms with van der Waals surface area (Å²) >= 11 is 1.62. The number of methoxy groups -OCH3 is 1. The summed E-state index contributed by atoms with van der Waals surface area (Å²) in [4.78, 5) is 36.1. The van der Waals surface area contributed by atoms with Gasteiger partial charge < -0.3 is 38.5 Å². The minimum Gasteiger partial charge on any atom is -0.493 e. The van der Waals surface area contributed by atoms with Crippen molar-refractivity contribution >= 4 is 34.4 Å². The number of aliphatic hydroxyl groups is 1. The number of hydrogen-bond acceptors (Lipinski definition) is 13. The maximum Gasteiger partial charge on any atom is 0.308 e. The van der Waals surface area contributed by atoms with Gasteiger partial charge in [-0.3, -0.25) is 24.7 Å². The first-order valence-corrected chi connectivity index (χ1v) is 21.0. The van der Waals surface area contributed by atoms with Crippen LogP contribution in [0.25, 0.3) is 10.9 Å². The normalized spacial score (nSPS) is 28.6. The van der Waals surface area contributed by atoms with Gasteiger partial charge >= 0.3 is 5.97 Å². The summed E-state index contributed by atoms with van der Waals surface area (Å²) in [6.45, 7) is 9.97. The molecule has 7 aliphatic heterocycles. The third-order valence-corrected chi connectivity index (χ3v) is 14.7. The van der Waals surface area contributed by atoms with Gasteiger partial charge in [0, 0.05) is 64.1 Å². The molecule has 11 rings (SSSR count). The molecule has 14 heteroatoms. The lowest BCUT2D eigenvalue weighted by Crippen LogP contribution is -2.69. The number of rotatable bonds is 5. The van der Waals surface area contributed by atoms with Crippen LogP contribution in [-0.4, -0.2) is 103 Å². The molecule has 4 aromatic rings. The third-order valence-electron chi connectivity index (χ3n) is 13.2. The molecule has 0 amide bonds. The van der Waals surface area contributed by atoms with Crippen LogP contribution in [0.15, 0.2) is 43.0 Å². The van der Waals surface area contributed by atoms with Crippen LogP contribution in [0.5, 0.6) is 28.7 Å². The number of H-pyrrole nitrogens is 1. The van der Waals surface area contributed by atoms with Crippen LogP contribution >= 0.6 is 11.8 Å². The molecule has 3 N–H and O–H groups in total. The predicted molar refractivity (Wildman–Crippen MR) is 217 cm³/mol. The van der Waals surface area contributed by atoms with E-state index in [0.717, 1.165) is 56.4 Å². The molecule has 2 saturated heterocycles. The fourth-order valence-corrected chi connectivity index (χ4v) is 12.6. The molecule has 0 aliphatic carbocycles. The Morgan fingerprint density at radius 1 is 1.14 bits per heavy atom. The second kappa shape index (κ2) is 14.0. The molecule has 13 nitrogen and oxygen atoms in total. The molecule has 3 aromatic carbocycles. The zero-order valence-electron chi connectivity index (χ0n) is 33.3. The Morgan fingerprint density at radius 3 is 2.74 bits per heavy atom. The summed E-state index contributed by atoms with van der Waals surface area (Å²) in [5.74, 6) is 2.47. The lowest BCUT2D eigenvalue weighted by molar-refractivity contribution is -0.181. The van der Waals surface area contributed by atoms with Gasteiger partial charge in [0.1, 0.15) is 30.7 Å². The Hall–Kier alpha value is -4.57. The van der Waals surface area contributed by atoms with E-state index in [0.29, 0.717) is 53.0 Å². The Bertz CT molecular complexity index is 2400. The van der Waals surface area contributed by atoms with Crippen molar-refractivity contribution in [2.75, 3.05) is 53.1 Å². The predicted octanol–water partition coefficient (Wildman–Crippen LogP) is 5.08. The number of ether oxygens (including phenoxy) is 6. The smallest absolute Gasteiger partial charge is 0.308 e. The summed E-state index contributed by atoms with van der Waals surface area (Å²) in [5.41, 5.74) is 6.93. The monoisotopic (exact) mass is 808 g/mol. The van der Waals surface area contributed by atoms with Crippen molar-refractivity contribution in [3.05, 3.63) is 87.6 Å². The Kier molecular flexibility index (Phi) is 9.11. The van der Waals surface area contributed by atoms with Crippen LogP contribution in [0.1, 0.15) is 68.9 Å². The summed E-state index contributed by atoms with van der Waals surface area (Å²) < 4.78 is 37.9. The van der Waals surface area contributed by atoms with Gasteiger partial charge in [-0.15, -0.1) is 11.8 Å². The number of fused-ring (bicyclic) bond motifs is 12. The molecular weight excluding hydrogens is 761 g/mol. The number of piperazine rings is 1. The van der Waals surface area contributed by atoms with Gasteiger partial charge in [-0.05, 0) is 56.5 Å². The zero-order chi connectivity index (χ0) is 40.2. The number of likely N-dealkylation sites (N-methyl/N-ethyl adjacent to an activating group) is 1. The van der Waals surface area contributed by atoms with E-state index >= 15 is 0 Å². The number of nitrogens with one attached hydrogen (secondary N) is 2. The minimum atomic E-state index is -1.14. The summed E-state index contributed by atoms with van der Waals surface area (Å²) in [7, 11) is 3.72. The number of esters is 1. The molecule has 58 heavy (non-hydrogen) atoms. The number of carbonyl (C=O) groups excluding carboxylic acids is 2. The Balaban J connectivity index is 1.25. The summed E-state index contributed by atoms with van der Waals surface area (Å²) in [5, 5.41) is 17.1. The first kappa shape index (κ1) is 37.7. The molecule has 0 saturated carbocycles. The van der Waals surface area contributed by atoms with Gasteiger partial charge in [-0.2, -0.15) is 0 Å². The molecule has 7 aliphatic rings. The van der Waals surface area contributed by atoms with Gasteiger partial charge in [0.05, 0.1) is 37.1 Å². The van der Waals surface area contributed by atoms with E-state index < -0.39 is 35.1 Å². The molecule has 1 aromatic heterocycles. The van der Waals surface area contributed by atoms with E-state index in [1.165, 1.54) is 6.92 Å². The number of benzene rings is 3. The lowest BCUT2D eigenvalue weighted by atomic mass is 9.73. The third kappa shape index (κ3) is 5.28.